The van der Waals surface area contributed by atoms with Crippen molar-refractivity contribution in [3.05, 3.63) is 27.0 Å². The SMILES string of the molecule is O=c1[nH]cc(S(=O)(=O)N2C[C@@H](O)[C@@H](O)C2)c(=O)[nH]1. The molecule has 9 nitrogen and oxygen atoms in total. The van der Waals surface area contributed by atoms with Gasteiger partial charge in [0.25, 0.3) is 5.56 Å². The van der Waals surface area contributed by atoms with Crippen LogP contribution in [-0.2, 0) is 10.0 Å². The summed E-state index contributed by atoms with van der Waals surface area (Å²) in [6, 6.07) is 0. The number of aromatic amines is 2. The van der Waals surface area contributed by atoms with E-state index in [4.69, 9.17) is 0 Å². The van der Waals surface area contributed by atoms with Crippen LogP contribution in [0.1, 0.15) is 0 Å². The molecule has 0 saturated carbocycles. The molecule has 1 aromatic heterocycles. The van der Waals surface area contributed by atoms with E-state index in [1.165, 1.54) is 0 Å². The second-order valence-corrected chi connectivity index (χ2v) is 5.80. The van der Waals surface area contributed by atoms with E-state index in [0.717, 1.165) is 10.5 Å². The molecule has 0 unspecified atom stereocenters. The molecule has 10 heteroatoms. The fourth-order valence-corrected chi connectivity index (χ4v) is 3.13. The lowest BCUT2D eigenvalue weighted by Crippen LogP contribution is -2.36. The molecular weight excluding hydrogens is 266 g/mol. The number of sulfonamides is 1. The zero-order valence-electron chi connectivity index (χ0n) is 9.03. The summed E-state index contributed by atoms with van der Waals surface area (Å²) in [4.78, 5) is 25.4. The van der Waals surface area contributed by atoms with Gasteiger partial charge in [0.05, 0.1) is 12.2 Å². The van der Waals surface area contributed by atoms with Crippen LogP contribution in [0.2, 0.25) is 0 Å². The number of hydrogen-bond donors (Lipinski definition) is 4. The van der Waals surface area contributed by atoms with Gasteiger partial charge in [0.1, 0.15) is 0 Å². The lowest BCUT2D eigenvalue weighted by molar-refractivity contribution is 0.0572. The zero-order valence-corrected chi connectivity index (χ0v) is 9.85. The normalized spacial score (nSPS) is 25.4. The lowest BCUT2D eigenvalue weighted by atomic mass is 10.3. The Morgan fingerprint density at radius 1 is 1.22 bits per heavy atom. The van der Waals surface area contributed by atoms with Gasteiger partial charge in [0.2, 0.25) is 10.0 Å². The number of hydrogen-bond acceptors (Lipinski definition) is 6. The predicted octanol–water partition coefficient (Wildman–Crippen LogP) is -3.21. The molecular formula is C8H11N3O6S. The minimum Gasteiger partial charge on any atom is -0.389 e. The number of rotatable bonds is 2. The Hall–Kier alpha value is -1.49. The summed E-state index contributed by atoms with van der Waals surface area (Å²) < 4.78 is 24.8. The lowest BCUT2D eigenvalue weighted by Gasteiger charge is -2.14. The summed E-state index contributed by atoms with van der Waals surface area (Å²) in [7, 11) is -4.15. The Morgan fingerprint density at radius 2 is 1.78 bits per heavy atom. The molecule has 4 N–H and O–H groups in total. The molecule has 1 aromatic rings. The molecule has 1 aliphatic rings. The van der Waals surface area contributed by atoms with Gasteiger partial charge in [0, 0.05) is 19.3 Å². The molecule has 2 rings (SSSR count). The van der Waals surface area contributed by atoms with Crippen LogP contribution in [0.3, 0.4) is 0 Å². The van der Waals surface area contributed by atoms with E-state index in [1.54, 1.807) is 4.98 Å². The maximum absolute atomic E-state index is 12.0. The fourth-order valence-electron chi connectivity index (χ4n) is 1.66. The summed E-state index contributed by atoms with van der Waals surface area (Å²) in [5.41, 5.74) is -1.87. The van der Waals surface area contributed by atoms with E-state index in [1.807, 2.05) is 0 Å². The number of H-pyrrole nitrogens is 2. The third-order valence-electron chi connectivity index (χ3n) is 2.63. The van der Waals surface area contributed by atoms with Gasteiger partial charge in [-0.05, 0) is 0 Å². The minimum atomic E-state index is -4.15. The number of aromatic nitrogens is 2. The molecule has 0 amide bonds. The van der Waals surface area contributed by atoms with Crippen molar-refractivity contribution in [2.75, 3.05) is 13.1 Å². The van der Waals surface area contributed by atoms with Gasteiger partial charge in [-0.2, -0.15) is 4.31 Å². The van der Waals surface area contributed by atoms with Gasteiger partial charge in [-0.3, -0.25) is 9.78 Å². The second-order valence-electron chi connectivity index (χ2n) is 3.89. The monoisotopic (exact) mass is 277 g/mol. The van der Waals surface area contributed by atoms with Gasteiger partial charge in [0.15, 0.2) is 4.90 Å². The topological polar surface area (TPSA) is 144 Å². The van der Waals surface area contributed by atoms with Crippen LogP contribution in [0.15, 0.2) is 20.7 Å². The Balaban J connectivity index is 2.44. The first kappa shape index (κ1) is 13.0. The molecule has 1 saturated heterocycles. The quantitative estimate of drug-likeness (QED) is 0.448. The fraction of sp³-hybridized carbons (Fsp3) is 0.500. The van der Waals surface area contributed by atoms with Crippen LogP contribution in [0.25, 0.3) is 0 Å². The van der Waals surface area contributed by atoms with Gasteiger partial charge >= 0.3 is 5.69 Å². The average Bonchev–Trinajstić information content (AvgIpc) is 2.59. The first-order valence-corrected chi connectivity index (χ1v) is 6.44. The van der Waals surface area contributed by atoms with Gasteiger partial charge in [-0.15, -0.1) is 0 Å². The molecule has 1 fully saturated rings. The van der Waals surface area contributed by atoms with Crippen LogP contribution in [0, 0.1) is 0 Å². The van der Waals surface area contributed by atoms with Crippen molar-refractivity contribution in [1.29, 1.82) is 0 Å². The smallest absolute Gasteiger partial charge is 0.325 e. The van der Waals surface area contributed by atoms with Crippen LogP contribution in [0.4, 0.5) is 0 Å². The standard InChI is InChI=1S/C8H11N3O6S/c12-4-2-11(3-5(4)13)18(16,17)6-1-9-8(15)10-7(6)14/h1,4-5,12-13H,2-3H2,(H2,9,10,14,15)/t4-,5+. The van der Waals surface area contributed by atoms with E-state index < -0.39 is 38.4 Å². The molecule has 18 heavy (non-hydrogen) atoms. The Bertz CT molecular complexity index is 652. The van der Waals surface area contributed by atoms with E-state index in [9.17, 15) is 28.2 Å². The number of nitrogens with one attached hydrogen (secondary N) is 2. The van der Waals surface area contributed by atoms with Crippen LogP contribution >= 0.6 is 0 Å². The Kier molecular flexibility index (Phi) is 3.11. The van der Waals surface area contributed by atoms with E-state index in [0.29, 0.717) is 0 Å². The molecule has 2 atom stereocenters. The van der Waals surface area contributed by atoms with Crippen molar-refractivity contribution in [1.82, 2.24) is 14.3 Å². The second kappa shape index (κ2) is 4.31. The Labute approximate surface area is 101 Å². The predicted molar refractivity (Wildman–Crippen MR) is 58.5 cm³/mol. The van der Waals surface area contributed by atoms with Crippen molar-refractivity contribution < 1.29 is 18.6 Å². The molecule has 0 bridgehead atoms. The van der Waals surface area contributed by atoms with E-state index in [-0.39, 0.29) is 13.1 Å². The highest BCUT2D eigenvalue weighted by atomic mass is 32.2. The maximum Gasteiger partial charge on any atom is 0.325 e. The van der Waals surface area contributed by atoms with E-state index in [2.05, 4.69) is 4.98 Å². The highest BCUT2D eigenvalue weighted by Gasteiger charge is 2.38. The third kappa shape index (κ3) is 2.10. The maximum atomic E-state index is 12.0. The summed E-state index contributed by atoms with van der Waals surface area (Å²) in [6.07, 6.45) is -1.60. The van der Waals surface area contributed by atoms with Crippen molar-refractivity contribution >= 4 is 10.0 Å². The zero-order chi connectivity index (χ0) is 13.5. The molecule has 0 aliphatic carbocycles. The molecule has 0 radical (unpaired) electrons. The summed E-state index contributed by atoms with van der Waals surface area (Å²) in [6.45, 7) is -0.607. The van der Waals surface area contributed by atoms with Crippen molar-refractivity contribution in [2.24, 2.45) is 0 Å². The molecule has 2 heterocycles. The largest absolute Gasteiger partial charge is 0.389 e. The van der Waals surface area contributed by atoms with Crippen molar-refractivity contribution in [3.63, 3.8) is 0 Å². The molecule has 1 aliphatic heterocycles. The number of aliphatic hydroxyl groups is 2. The van der Waals surface area contributed by atoms with Crippen LogP contribution in [-0.4, -0.2) is 58.2 Å². The summed E-state index contributed by atoms with van der Waals surface area (Å²) in [5.74, 6) is 0. The molecule has 0 aromatic carbocycles. The number of nitrogens with zero attached hydrogens (tertiary/aromatic N) is 1. The summed E-state index contributed by atoms with van der Waals surface area (Å²) in [5, 5.41) is 18.6. The van der Waals surface area contributed by atoms with Crippen LogP contribution in [0.5, 0.6) is 0 Å². The van der Waals surface area contributed by atoms with Crippen molar-refractivity contribution in [2.45, 2.75) is 17.1 Å². The minimum absolute atomic E-state index is 0.304. The molecule has 0 spiro atoms. The first-order valence-electron chi connectivity index (χ1n) is 5.00. The van der Waals surface area contributed by atoms with Gasteiger partial charge in [-0.25, -0.2) is 13.2 Å². The first-order chi connectivity index (χ1) is 8.32. The van der Waals surface area contributed by atoms with Crippen LogP contribution < -0.4 is 11.2 Å². The summed E-state index contributed by atoms with van der Waals surface area (Å²) >= 11 is 0. The Morgan fingerprint density at radius 3 is 2.28 bits per heavy atom. The average molecular weight is 277 g/mol. The highest BCUT2D eigenvalue weighted by molar-refractivity contribution is 7.89. The van der Waals surface area contributed by atoms with Crippen molar-refractivity contribution in [3.8, 4) is 0 Å². The van der Waals surface area contributed by atoms with Gasteiger partial charge in [-0.1, -0.05) is 0 Å². The number of aliphatic hydroxyl groups excluding tert-OH is 2. The number of β-amino-alcohol motifs (C(OH)–C–C–N with tert-alkyl or cyclic N) is 2. The van der Waals surface area contributed by atoms with Gasteiger partial charge < -0.3 is 15.2 Å². The third-order valence-corrected chi connectivity index (χ3v) is 4.47. The van der Waals surface area contributed by atoms with E-state index >= 15 is 0 Å². The molecule has 100 valence electrons. The highest BCUT2D eigenvalue weighted by Crippen LogP contribution is 2.18.